The minimum atomic E-state index is 0.328. The summed E-state index contributed by atoms with van der Waals surface area (Å²) < 4.78 is 10.2. The minimum absolute atomic E-state index is 0.328. The van der Waals surface area contributed by atoms with Gasteiger partial charge in [0.2, 0.25) is 0 Å². The van der Waals surface area contributed by atoms with E-state index < -0.39 is 0 Å². The first-order valence-corrected chi connectivity index (χ1v) is 5.36. The third kappa shape index (κ3) is 8.37. The van der Waals surface area contributed by atoms with Crippen LogP contribution in [0.5, 0.6) is 0 Å². The van der Waals surface area contributed by atoms with Crippen LogP contribution in [0.3, 0.4) is 0 Å². The lowest BCUT2D eigenvalue weighted by molar-refractivity contribution is 0.0649. The fourth-order valence-corrected chi connectivity index (χ4v) is 1.17. The molecular weight excluding hydrogens is 192 g/mol. The number of rotatable bonds is 9. The summed E-state index contributed by atoms with van der Waals surface area (Å²) in [5, 5.41) is 8.54. The van der Waals surface area contributed by atoms with E-state index >= 15 is 0 Å². The molecule has 0 N–H and O–H groups in total. The Morgan fingerprint density at radius 3 is 2.67 bits per heavy atom. The molecule has 0 aromatic carbocycles. The van der Waals surface area contributed by atoms with Crippen molar-refractivity contribution in [2.45, 2.75) is 25.8 Å². The predicted octanol–water partition coefficient (Wildman–Crippen LogP) is 1.27. The van der Waals surface area contributed by atoms with Gasteiger partial charge in [-0.15, -0.1) is 0 Å². The van der Waals surface area contributed by atoms with Gasteiger partial charge in [0.1, 0.15) is 0 Å². The molecule has 1 atom stereocenters. The van der Waals surface area contributed by atoms with Crippen LogP contribution in [0.1, 0.15) is 19.8 Å². The van der Waals surface area contributed by atoms with Crippen molar-refractivity contribution < 1.29 is 9.47 Å². The van der Waals surface area contributed by atoms with Crippen molar-refractivity contribution in [1.29, 1.82) is 5.26 Å². The second-order valence-corrected chi connectivity index (χ2v) is 3.65. The van der Waals surface area contributed by atoms with Crippen LogP contribution in [0.2, 0.25) is 0 Å². The van der Waals surface area contributed by atoms with Crippen LogP contribution in [0.25, 0.3) is 0 Å². The smallest absolute Gasteiger partial charge is 0.0700 e. The predicted molar refractivity (Wildman–Crippen MR) is 59.6 cm³/mol. The SMILES string of the molecule is COCCOCCCN(C)C(C)CC#N. The van der Waals surface area contributed by atoms with Gasteiger partial charge in [-0.25, -0.2) is 0 Å². The Labute approximate surface area is 92.8 Å². The van der Waals surface area contributed by atoms with Gasteiger partial charge in [0.05, 0.1) is 25.7 Å². The molecule has 4 nitrogen and oxygen atoms in total. The number of nitriles is 1. The third-order valence-corrected chi connectivity index (χ3v) is 2.37. The standard InChI is InChI=1S/C11H22N2O2/c1-11(5-6-12)13(2)7-4-8-15-10-9-14-3/h11H,4-5,7-10H2,1-3H3. The number of nitrogens with zero attached hydrogens (tertiary/aromatic N) is 2. The van der Waals surface area contributed by atoms with E-state index in [-0.39, 0.29) is 0 Å². The van der Waals surface area contributed by atoms with E-state index in [0.717, 1.165) is 19.6 Å². The van der Waals surface area contributed by atoms with Crippen molar-refractivity contribution in [3.63, 3.8) is 0 Å². The molecule has 0 amide bonds. The largest absolute Gasteiger partial charge is 0.382 e. The average molecular weight is 214 g/mol. The maximum Gasteiger partial charge on any atom is 0.0700 e. The quantitative estimate of drug-likeness (QED) is 0.542. The Bertz CT molecular complexity index is 180. The van der Waals surface area contributed by atoms with Gasteiger partial charge >= 0.3 is 0 Å². The molecule has 0 aromatic heterocycles. The van der Waals surface area contributed by atoms with Gasteiger partial charge in [0.25, 0.3) is 0 Å². The van der Waals surface area contributed by atoms with E-state index in [0.29, 0.717) is 25.7 Å². The highest BCUT2D eigenvalue weighted by Gasteiger charge is 2.07. The van der Waals surface area contributed by atoms with Crippen molar-refractivity contribution in [1.82, 2.24) is 4.90 Å². The Kier molecular flexibility index (Phi) is 9.49. The second-order valence-electron chi connectivity index (χ2n) is 3.65. The number of hydrogen-bond acceptors (Lipinski definition) is 4. The first-order valence-electron chi connectivity index (χ1n) is 5.36. The van der Waals surface area contributed by atoms with Gasteiger partial charge in [-0.05, 0) is 20.4 Å². The van der Waals surface area contributed by atoms with Crippen LogP contribution in [-0.4, -0.2) is 51.5 Å². The second kappa shape index (κ2) is 9.91. The molecule has 0 bridgehead atoms. The van der Waals surface area contributed by atoms with Crippen LogP contribution in [0.15, 0.2) is 0 Å². The molecule has 15 heavy (non-hydrogen) atoms. The molecule has 0 spiro atoms. The lowest BCUT2D eigenvalue weighted by Crippen LogP contribution is -2.30. The number of hydrogen-bond donors (Lipinski definition) is 0. The maximum absolute atomic E-state index is 8.54. The van der Waals surface area contributed by atoms with Gasteiger partial charge in [0, 0.05) is 26.3 Å². The fourth-order valence-electron chi connectivity index (χ4n) is 1.17. The Hall–Kier alpha value is -0.630. The summed E-state index contributed by atoms with van der Waals surface area (Å²) in [6, 6.07) is 2.50. The Balaban J connectivity index is 3.31. The zero-order chi connectivity index (χ0) is 11.5. The molecule has 1 unspecified atom stereocenters. The third-order valence-electron chi connectivity index (χ3n) is 2.37. The van der Waals surface area contributed by atoms with Crippen LogP contribution in [0.4, 0.5) is 0 Å². The van der Waals surface area contributed by atoms with E-state index in [4.69, 9.17) is 14.7 Å². The highest BCUT2D eigenvalue weighted by Crippen LogP contribution is 2.00. The van der Waals surface area contributed by atoms with E-state index in [1.54, 1.807) is 7.11 Å². The van der Waals surface area contributed by atoms with Crippen LogP contribution in [0, 0.1) is 11.3 Å². The zero-order valence-corrected chi connectivity index (χ0v) is 10.0. The summed E-state index contributed by atoms with van der Waals surface area (Å²) >= 11 is 0. The topological polar surface area (TPSA) is 45.5 Å². The van der Waals surface area contributed by atoms with E-state index in [9.17, 15) is 0 Å². The molecule has 0 aliphatic rings. The molecule has 0 aromatic rings. The average Bonchev–Trinajstić information content (AvgIpc) is 2.23. The van der Waals surface area contributed by atoms with E-state index in [2.05, 4.69) is 17.9 Å². The maximum atomic E-state index is 8.54. The molecule has 0 radical (unpaired) electrons. The summed E-state index contributed by atoms with van der Waals surface area (Å²) in [5.41, 5.74) is 0. The lowest BCUT2D eigenvalue weighted by atomic mass is 10.2. The van der Waals surface area contributed by atoms with Crippen molar-refractivity contribution >= 4 is 0 Å². The number of methoxy groups -OCH3 is 1. The zero-order valence-electron chi connectivity index (χ0n) is 10.0. The van der Waals surface area contributed by atoms with Crippen molar-refractivity contribution in [2.24, 2.45) is 0 Å². The molecule has 0 saturated heterocycles. The summed E-state index contributed by atoms with van der Waals surface area (Å²) in [7, 11) is 3.71. The Morgan fingerprint density at radius 2 is 2.07 bits per heavy atom. The van der Waals surface area contributed by atoms with Crippen LogP contribution < -0.4 is 0 Å². The van der Waals surface area contributed by atoms with E-state index in [1.807, 2.05) is 7.05 Å². The van der Waals surface area contributed by atoms with Crippen molar-refractivity contribution in [3.8, 4) is 6.07 Å². The molecule has 0 heterocycles. The van der Waals surface area contributed by atoms with Gasteiger partial charge < -0.3 is 14.4 Å². The molecule has 0 aliphatic carbocycles. The van der Waals surface area contributed by atoms with Gasteiger partial charge in [-0.1, -0.05) is 0 Å². The lowest BCUT2D eigenvalue weighted by Gasteiger charge is -2.22. The van der Waals surface area contributed by atoms with Crippen molar-refractivity contribution in [3.05, 3.63) is 0 Å². The molecule has 4 heteroatoms. The van der Waals surface area contributed by atoms with Crippen LogP contribution in [-0.2, 0) is 9.47 Å². The van der Waals surface area contributed by atoms with Gasteiger partial charge in [-0.2, -0.15) is 5.26 Å². The normalized spacial score (nSPS) is 12.7. The summed E-state index contributed by atoms with van der Waals surface area (Å²) in [6.45, 7) is 5.10. The number of ether oxygens (including phenoxy) is 2. The molecule has 88 valence electrons. The minimum Gasteiger partial charge on any atom is -0.382 e. The van der Waals surface area contributed by atoms with E-state index in [1.165, 1.54) is 0 Å². The molecular formula is C11H22N2O2. The first-order chi connectivity index (χ1) is 7.22. The van der Waals surface area contributed by atoms with Gasteiger partial charge in [-0.3, -0.25) is 0 Å². The van der Waals surface area contributed by atoms with Crippen molar-refractivity contribution in [2.75, 3.05) is 40.5 Å². The molecule has 0 saturated carbocycles. The van der Waals surface area contributed by atoms with Crippen LogP contribution >= 0.6 is 0 Å². The van der Waals surface area contributed by atoms with Gasteiger partial charge in [0.15, 0.2) is 0 Å². The molecule has 0 rings (SSSR count). The first kappa shape index (κ1) is 14.4. The molecule has 0 fully saturated rings. The summed E-state index contributed by atoms with van der Waals surface area (Å²) in [6.07, 6.45) is 1.58. The monoisotopic (exact) mass is 214 g/mol. The Morgan fingerprint density at radius 1 is 1.33 bits per heavy atom. The highest BCUT2D eigenvalue weighted by molar-refractivity contribution is 4.78. The fraction of sp³-hybridized carbons (Fsp3) is 0.909. The summed E-state index contributed by atoms with van der Waals surface area (Å²) in [4.78, 5) is 2.18. The summed E-state index contributed by atoms with van der Waals surface area (Å²) in [5.74, 6) is 0. The molecule has 0 aliphatic heterocycles. The highest BCUT2D eigenvalue weighted by atomic mass is 16.5.